The maximum absolute atomic E-state index is 12.3. The number of carbonyl (C=O) groups is 2. The molecule has 28 heavy (non-hydrogen) atoms. The Labute approximate surface area is 164 Å². The fraction of sp³-hybridized carbons (Fsp3) is 0.318. The summed E-state index contributed by atoms with van der Waals surface area (Å²) >= 11 is 0. The Hall–Kier alpha value is -3.15. The molecule has 146 valence electrons. The van der Waals surface area contributed by atoms with Crippen molar-refractivity contribution in [1.82, 2.24) is 5.32 Å². The smallest absolute Gasteiger partial charge is 0.408 e. The average molecular weight is 380 g/mol. The molecule has 2 aromatic rings. The number of aliphatic carboxylic acids is 1. The number of fused-ring (bicyclic) bond motifs is 1. The Balaban J connectivity index is 1.83. The molecule has 0 fully saturated rings. The lowest BCUT2D eigenvalue weighted by molar-refractivity contribution is -0.144. The van der Waals surface area contributed by atoms with Crippen LogP contribution in [0.3, 0.4) is 0 Å². The molecule has 1 aliphatic heterocycles. The number of alkyl carbamates (subject to hydrolysis) is 1. The van der Waals surface area contributed by atoms with Gasteiger partial charge in [0.15, 0.2) is 5.54 Å². The molecule has 1 unspecified atom stereocenters. The maximum Gasteiger partial charge on any atom is 0.408 e. The summed E-state index contributed by atoms with van der Waals surface area (Å²) in [5, 5.41) is 12.4. The van der Waals surface area contributed by atoms with Gasteiger partial charge in [-0.05, 0) is 41.5 Å². The monoisotopic (exact) mass is 380 g/mol. The third-order valence-corrected chi connectivity index (χ3v) is 5.13. The van der Waals surface area contributed by atoms with Gasteiger partial charge >= 0.3 is 12.1 Å². The second-order valence-corrected chi connectivity index (χ2v) is 7.75. The highest BCUT2D eigenvalue weighted by Gasteiger charge is 2.39. The molecular weight excluding hydrogens is 356 g/mol. The molecule has 6 nitrogen and oxygen atoms in total. The fourth-order valence-electron chi connectivity index (χ4n) is 3.20. The number of carboxylic acids is 1. The predicted octanol–water partition coefficient (Wildman–Crippen LogP) is 4.30. The fourth-order valence-corrected chi connectivity index (χ4v) is 3.20. The SMILES string of the molecule is CC1(C)CC=Nc2ccc(C(C)(NC(=O)OCc3ccccc3)C(=O)O)cc21. The summed E-state index contributed by atoms with van der Waals surface area (Å²) in [5.41, 5.74) is 1.28. The molecule has 1 aliphatic rings. The van der Waals surface area contributed by atoms with Gasteiger partial charge in [-0.2, -0.15) is 0 Å². The molecule has 0 saturated carbocycles. The van der Waals surface area contributed by atoms with Crippen LogP contribution in [-0.4, -0.2) is 23.4 Å². The first kappa shape index (κ1) is 19.6. The average Bonchev–Trinajstić information content (AvgIpc) is 2.66. The molecular formula is C22H24N2O4. The Morgan fingerprint density at radius 1 is 1.21 bits per heavy atom. The molecule has 0 radical (unpaired) electrons. The number of hydrogen-bond acceptors (Lipinski definition) is 4. The number of carbonyl (C=O) groups excluding carboxylic acids is 1. The summed E-state index contributed by atoms with van der Waals surface area (Å²) in [4.78, 5) is 28.8. The van der Waals surface area contributed by atoms with E-state index in [-0.39, 0.29) is 12.0 Å². The van der Waals surface area contributed by atoms with Crippen molar-refractivity contribution in [3.8, 4) is 0 Å². The second kappa shape index (κ2) is 7.46. The maximum atomic E-state index is 12.3. The van der Waals surface area contributed by atoms with Crippen molar-refractivity contribution in [3.63, 3.8) is 0 Å². The third-order valence-electron chi connectivity index (χ3n) is 5.13. The normalized spacial score (nSPS) is 16.5. The number of carboxylic acid groups (broad SMARTS) is 1. The van der Waals surface area contributed by atoms with E-state index in [0.29, 0.717) is 5.56 Å². The van der Waals surface area contributed by atoms with E-state index in [1.54, 1.807) is 12.1 Å². The van der Waals surface area contributed by atoms with E-state index in [1.807, 2.05) is 42.6 Å². The van der Waals surface area contributed by atoms with E-state index in [2.05, 4.69) is 24.2 Å². The van der Waals surface area contributed by atoms with Crippen LogP contribution in [0.2, 0.25) is 0 Å². The quantitative estimate of drug-likeness (QED) is 0.810. The van der Waals surface area contributed by atoms with Crippen molar-refractivity contribution in [2.24, 2.45) is 4.99 Å². The first-order valence-electron chi connectivity index (χ1n) is 9.12. The largest absolute Gasteiger partial charge is 0.479 e. The van der Waals surface area contributed by atoms with Crippen molar-refractivity contribution in [2.75, 3.05) is 0 Å². The summed E-state index contributed by atoms with van der Waals surface area (Å²) in [5.74, 6) is -1.17. The predicted molar refractivity (Wildman–Crippen MR) is 107 cm³/mol. The summed E-state index contributed by atoms with van der Waals surface area (Å²) in [6.07, 6.45) is 1.85. The van der Waals surface area contributed by atoms with Crippen LogP contribution in [0.15, 0.2) is 53.5 Å². The van der Waals surface area contributed by atoms with Gasteiger partial charge in [-0.15, -0.1) is 0 Å². The molecule has 0 spiro atoms. The van der Waals surface area contributed by atoms with E-state index >= 15 is 0 Å². The highest BCUT2D eigenvalue weighted by Crippen LogP contribution is 2.39. The molecule has 6 heteroatoms. The number of hydrogen-bond donors (Lipinski definition) is 2. The topological polar surface area (TPSA) is 88.0 Å². The molecule has 1 atom stereocenters. The van der Waals surface area contributed by atoms with E-state index < -0.39 is 17.6 Å². The van der Waals surface area contributed by atoms with Gasteiger partial charge in [0.25, 0.3) is 0 Å². The van der Waals surface area contributed by atoms with Crippen molar-refractivity contribution < 1.29 is 19.4 Å². The van der Waals surface area contributed by atoms with Crippen LogP contribution < -0.4 is 5.32 Å². The molecule has 0 saturated heterocycles. The Bertz CT molecular complexity index is 921. The van der Waals surface area contributed by atoms with Gasteiger partial charge in [-0.1, -0.05) is 56.3 Å². The first-order valence-corrected chi connectivity index (χ1v) is 9.12. The number of amides is 1. The summed E-state index contributed by atoms with van der Waals surface area (Å²) in [6.45, 7) is 5.69. The van der Waals surface area contributed by atoms with Crippen molar-refractivity contribution in [1.29, 1.82) is 0 Å². The van der Waals surface area contributed by atoms with Gasteiger partial charge in [-0.25, -0.2) is 9.59 Å². The van der Waals surface area contributed by atoms with Gasteiger partial charge in [0.1, 0.15) is 6.61 Å². The zero-order valence-corrected chi connectivity index (χ0v) is 16.2. The number of nitrogens with zero attached hydrogens (tertiary/aromatic N) is 1. The first-order chi connectivity index (χ1) is 13.2. The van der Waals surface area contributed by atoms with Crippen LogP contribution in [-0.2, 0) is 27.1 Å². The number of benzene rings is 2. The van der Waals surface area contributed by atoms with E-state index in [1.165, 1.54) is 6.92 Å². The van der Waals surface area contributed by atoms with Crippen molar-refractivity contribution >= 4 is 24.0 Å². The highest BCUT2D eigenvalue weighted by atomic mass is 16.5. The highest BCUT2D eigenvalue weighted by molar-refractivity contribution is 5.86. The molecule has 2 N–H and O–H groups in total. The van der Waals surface area contributed by atoms with Gasteiger partial charge in [0.2, 0.25) is 0 Å². The van der Waals surface area contributed by atoms with Crippen LogP contribution in [0.1, 0.15) is 43.9 Å². The number of rotatable bonds is 5. The molecule has 1 heterocycles. The summed E-state index contributed by atoms with van der Waals surface area (Å²) in [6, 6.07) is 14.5. The minimum Gasteiger partial charge on any atom is -0.479 e. The van der Waals surface area contributed by atoms with Crippen LogP contribution in [0.25, 0.3) is 0 Å². The Morgan fingerprint density at radius 2 is 1.93 bits per heavy atom. The van der Waals surface area contributed by atoms with Gasteiger partial charge in [0.05, 0.1) is 5.69 Å². The molecule has 0 aromatic heterocycles. The van der Waals surface area contributed by atoms with E-state index in [4.69, 9.17) is 4.74 Å². The number of nitrogens with one attached hydrogen (secondary N) is 1. The summed E-state index contributed by atoms with van der Waals surface area (Å²) in [7, 11) is 0. The van der Waals surface area contributed by atoms with E-state index in [9.17, 15) is 14.7 Å². The minimum absolute atomic E-state index is 0.0638. The standard InChI is InChI=1S/C22H24N2O4/c1-21(2)11-12-23-18-10-9-16(13-17(18)21)22(3,19(25)26)24-20(27)28-14-15-7-5-4-6-8-15/h4-10,12-13H,11,14H2,1-3H3,(H,24,27)(H,25,26). The van der Waals surface area contributed by atoms with Gasteiger partial charge in [0, 0.05) is 6.21 Å². The lowest BCUT2D eigenvalue weighted by Gasteiger charge is -2.32. The van der Waals surface area contributed by atoms with Gasteiger partial charge < -0.3 is 15.2 Å². The van der Waals surface area contributed by atoms with Crippen molar-refractivity contribution in [3.05, 3.63) is 65.2 Å². The Morgan fingerprint density at radius 3 is 2.61 bits per heavy atom. The zero-order valence-electron chi connectivity index (χ0n) is 16.2. The number of aliphatic imine (C=N–C) groups is 1. The van der Waals surface area contributed by atoms with Crippen LogP contribution >= 0.6 is 0 Å². The second-order valence-electron chi connectivity index (χ2n) is 7.75. The summed E-state index contributed by atoms with van der Waals surface area (Å²) < 4.78 is 5.21. The van der Waals surface area contributed by atoms with Crippen molar-refractivity contribution in [2.45, 2.75) is 44.8 Å². The molecule has 0 aliphatic carbocycles. The van der Waals surface area contributed by atoms with Gasteiger partial charge in [-0.3, -0.25) is 4.99 Å². The van der Waals surface area contributed by atoms with Crippen LogP contribution in [0.5, 0.6) is 0 Å². The molecule has 0 bridgehead atoms. The zero-order chi connectivity index (χ0) is 20.4. The van der Waals surface area contributed by atoms with E-state index in [0.717, 1.165) is 23.2 Å². The van der Waals surface area contributed by atoms with Crippen LogP contribution in [0, 0.1) is 0 Å². The molecule has 3 rings (SSSR count). The lowest BCUT2D eigenvalue weighted by atomic mass is 9.77. The van der Waals surface area contributed by atoms with Crippen LogP contribution in [0.4, 0.5) is 10.5 Å². The minimum atomic E-state index is -1.62. The Kier molecular flexibility index (Phi) is 5.23. The number of ether oxygens (including phenoxy) is 1. The third kappa shape index (κ3) is 3.91. The molecule has 1 amide bonds. The molecule has 2 aromatic carbocycles. The lowest BCUT2D eigenvalue weighted by Crippen LogP contribution is -2.49.